The zero-order chi connectivity index (χ0) is 5.91. The fraction of sp³-hybridized carbons (Fsp3) is 1.00. The maximum Gasteiger partial charge on any atom is 0.493 e. The molecule has 48 valence electrons. The molecule has 0 aromatic heterocycles. The van der Waals surface area contributed by atoms with Gasteiger partial charge in [-0.15, -0.1) is 0 Å². The Labute approximate surface area is 73.6 Å². The molecule has 0 spiro atoms. The summed E-state index contributed by atoms with van der Waals surface area (Å²) in [6.07, 6.45) is 0. The van der Waals surface area contributed by atoms with Gasteiger partial charge in [-0.1, -0.05) is 0 Å². The van der Waals surface area contributed by atoms with E-state index in [9.17, 15) is 0 Å². The van der Waals surface area contributed by atoms with Gasteiger partial charge in [0, 0.05) is 32.2 Å². The van der Waals surface area contributed by atoms with E-state index < -0.39 is 8.80 Å². The molecular weight excluding hydrogens is 223 g/mol. The van der Waals surface area contributed by atoms with Gasteiger partial charge in [0.15, 0.2) is 0 Å². The van der Waals surface area contributed by atoms with E-state index >= 15 is 0 Å². The molecule has 0 bridgehead atoms. The van der Waals surface area contributed by atoms with E-state index in [1.54, 1.807) is 0 Å². The third kappa shape index (κ3) is 10.3. The molecule has 0 saturated heterocycles. The van der Waals surface area contributed by atoms with Gasteiger partial charge < -0.3 is 14.4 Å². The SMILES string of the molecule is O[Si](O)(O)CCS.[Zr]. The maximum atomic E-state index is 8.22. The van der Waals surface area contributed by atoms with Crippen molar-refractivity contribution in [3.8, 4) is 0 Å². The van der Waals surface area contributed by atoms with Crippen LogP contribution in [-0.2, 0) is 26.2 Å². The smallest absolute Gasteiger partial charge is 0.390 e. The minimum absolute atomic E-state index is 0. The van der Waals surface area contributed by atoms with E-state index in [0.717, 1.165) is 0 Å². The molecule has 0 aliphatic rings. The van der Waals surface area contributed by atoms with Gasteiger partial charge in [-0.2, -0.15) is 12.6 Å². The van der Waals surface area contributed by atoms with Crippen molar-refractivity contribution in [3.63, 3.8) is 0 Å². The molecule has 0 rings (SSSR count). The van der Waals surface area contributed by atoms with Crippen LogP contribution < -0.4 is 0 Å². The summed E-state index contributed by atoms with van der Waals surface area (Å²) >= 11 is 3.67. The summed E-state index contributed by atoms with van der Waals surface area (Å²) < 4.78 is 0. The molecule has 0 atom stereocenters. The van der Waals surface area contributed by atoms with Crippen LogP contribution >= 0.6 is 12.6 Å². The van der Waals surface area contributed by atoms with Gasteiger partial charge in [0.25, 0.3) is 0 Å². The second-order valence-corrected chi connectivity index (χ2v) is 3.74. The molecule has 0 aromatic rings. The summed E-state index contributed by atoms with van der Waals surface area (Å²) in [6.45, 7) is 0. The zero-order valence-corrected chi connectivity index (χ0v) is 8.56. The van der Waals surface area contributed by atoms with Crippen molar-refractivity contribution >= 4 is 21.4 Å². The first-order valence-electron chi connectivity index (χ1n) is 1.84. The van der Waals surface area contributed by atoms with Crippen molar-refractivity contribution in [1.82, 2.24) is 0 Å². The van der Waals surface area contributed by atoms with Crippen molar-refractivity contribution < 1.29 is 40.6 Å². The quantitative estimate of drug-likeness (QED) is 0.358. The van der Waals surface area contributed by atoms with Gasteiger partial charge >= 0.3 is 8.80 Å². The number of thiol groups is 1. The number of hydrogen-bond acceptors (Lipinski definition) is 4. The largest absolute Gasteiger partial charge is 0.493 e. The van der Waals surface area contributed by atoms with Crippen LogP contribution in [0.5, 0.6) is 0 Å². The van der Waals surface area contributed by atoms with Gasteiger partial charge in [0.05, 0.1) is 0 Å². The monoisotopic (exact) mass is 230 g/mol. The first-order valence-corrected chi connectivity index (χ1v) is 4.52. The molecule has 0 saturated carbocycles. The Kier molecular flexibility index (Phi) is 7.74. The van der Waals surface area contributed by atoms with Gasteiger partial charge in [0.1, 0.15) is 0 Å². The van der Waals surface area contributed by atoms with E-state index in [0.29, 0.717) is 5.75 Å². The Balaban J connectivity index is 0. The second-order valence-electron chi connectivity index (χ2n) is 1.25. The first-order chi connectivity index (χ1) is 3.06. The van der Waals surface area contributed by atoms with E-state index in [-0.39, 0.29) is 32.2 Å². The molecule has 8 heavy (non-hydrogen) atoms. The predicted octanol–water partition coefficient (Wildman–Crippen LogP) is -1.17. The van der Waals surface area contributed by atoms with Crippen LogP contribution in [0.1, 0.15) is 0 Å². The summed E-state index contributed by atoms with van der Waals surface area (Å²) in [4.78, 5) is 24.7. The minimum atomic E-state index is -3.73. The Morgan fingerprint density at radius 2 is 1.62 bits per heavy atom. The molecule has 0 heterocycles. The van der Waals surface area contributed by atoms with Crippen LogP contribution in [0.15, 0.2) is 0 Å². The van der Waals surface area contributed by atoms with Crippen molar-refractivity contribution in [2.45, 2.75) is 6.04 Å². The number of rotatable bonds is 2. The normalized spacial score (nSPS) is 10.5. The number of hydrogen-bond donors (Lipinski definition) is 4. The molecule has 3 nitrogen and oxygen atoms in total. The average molecular weight is 231 g/mol. The molecule has 0 aliphatic carbocycles. The van der Waals surface area contributed by atoms with Crippen LogP contribution in [0.3, 0.4) is 0 Å². The molecule has 0 amide bonds. The third-order valence-electron chi connectivity index (χ3n) is 0.447. The standard InChI is InChI=1S/C2H8O3SSi.Zr/c3-7(4,5)2-1-6;/h3-6H,1-2H2;. The summed E-state index contributed by atoms with van der Waals surface area (Å²) in [5.41, 5.74) is 0. The van der Waals surface area contributed by atoms with Crippen molar-refractivity contribution in [2.24, 2.45) is 0 Å². The second kappa shape index (κ2) is 5.14. The zero-order valence-electron chi connectivity index (χ0n) is 4.20. The van der Waals surface area contributed by atoms with Crippen LogP contribution in [0.2, 0.25) is 6.04 Å². The molecule has 0 aliphatic heterocycles. The minimum Gasteiger partial charge on any atom is -0.390 e. The Morgan fingerprint density at radius 3 is 1.62 bits per heavy atom. The topological polar surface area (TPSA) is 60.7 Å². The summed E-state index contributed by atoms with van der Waals surface area (Å²) in [7, 11) is -3.73. The van der Waals surface area contributed by atoms with E-state index in [2.05, 4.69) is 12.6 Å². The Morgan fingerprint density at radius 1 is 1.25 bits per heavy atom. The Hall–Kier alpha value is 1.33. The van der Waals surface area contributed by atoms with Gasteiger partial charge in [-0.05, 0) is 5.75 Å². The molecule has 0 aromatic carbocycles. The first kappa shape index (κ1) is 12.0. The molecule has 0 radical (unpaired) electrons. The molecular formula is C2H8O3SSiZr. The summed E-state index contributed by atoms with van der Waals surface area (Å²) in [6, 6.07) is 0.0100. The fourth-order valence-electron chi connectivity index (χ4n) is 0.150. The van der Waals surface area contributed by atoms with Crippen LogP contribution in [0, 0.1) is 0 Å². The molecule has 0 fully saturated rings. The maximum absolute atomic E-state index is 8.22. The summed E-state index contributed by atoms with van der Waals surface area (Å²) in [5.74, 6) is 0.315. The van der Waals surface area contributed by atoms with Crippen LogP contribution in [0.25, 0.3) is 0 Å². The van der Waals surface area contributed by atoms with Crippen molar-refractivity contribution in [3.05, 3.63) is 0 Å². The van der Waals surface area contributed by atoms with E-state index in [1.807, 2.05) is 0 Å². The van der Waals surface area contributed by atoms with Crippen molar-refractivity contribution in [1.29, 1.82) is 0 Å². The van der Waals surface area contributed by atoms with Gasteiger partial charge in [0.2, 0.25) is 0 Å². The summed E-state index contributed by atoms with van der Waals surface area (Å²) in [5, 5.41) is 0. The van der Waals surface area contributed by atoms with Crippen LogP contribution in [0.4, 0.5) is 0 Å². The average Bonchev–Trinajstić information content (AvgIpc) is 1.30. The fourth-order valence-corrected chi connectivity index (χ4v) is 1.35. The molecule has 6 heteroatoms. The van der Waals surface area contributed by atoms with Crippen molar-refractivity contribution in [2.75, 3.05) is 5.75 Å². The molecule has 0 unspecified atom stereocenters. The van der Waals surface area contributed by atoms with Crippen LogP contribution in [-0.4, -0.2) is 28.9 Å². The van der Waals surface area contributed by atoms with E-state index in [1.165, 1.54) is 0 Å². The van der Waals surface area contributed by atoms with E-state index in [4.69, 9.17) is 14.4 Å². The Bertz CT molecular complexity index is 55.7. The van der Waals surface area contributed by atoms with Gasteiger partial charge in [-0.25, -0.2) is 0 Å². The third-order valence-corrected chi connectivity index (χ3v) is 2.01. The molecule has 3 N–H and O–H groups in total. The van der Waals surface area contributed by atoms with Gasteiger partial charge in [-0.3, -0.25) is 0 Å². The predicted molar refractivity (Wildman–Crippen MR) is 31.1 cm³/mol.